The third kappa shape index (κ3) is 6.46. The molecule has 0 fully saturated rings. The number of nitrogens with zero attached hydrogens (tertiary/aromatic N) is 2. The second kappa shape index (κ2) is 8.98. The molecule has 7 heteroatoms. The number of carbonyl (C=O) groups is 2. The van der Waals surface area contributed by atoms with Crippen LogP contribution >= 0.6 is 0 Å². The van der Waals surface area contributed by atoms with Gasteiger partial charge in [0.25, 0.3) is 0 Å². The molecule has 0 atom stereocenters. The normalized spacial score (nSPS) is 8.42. The number of pyridine rings is 2. The molecule has 1 radical (unpaired) electrons. The Morgan fingerprint density at radius 3 is 1.32 bits per heavy atom. The molecule has 0 N–H and O–H groups in total. The summed E-state index contributed by atoms with van der Waals surface area (Å²) in [5.41, 5.74) is -0.0602. The summed E-state index contributed by atoms with van der Waals surface area (Å²) in [5.74, 6) is -2.48. The molecule has 0 unspecified atom stereocenters. The first kappa shape index (κ1) is 17.0. The predicted molar refractivity (Wildman–Crippen MR) is 57.1 cm³/mol. The summed E-state index contributed by atoms with van der Waals surface area (Å²) in [6, 6.07) is 9.25. The minimum Gasteiger partial charge on any atom is -0.543 e. The summed E-state index contributed by atoms with van der Waals surface area (Å²) >= 11 is 0. The number of hydrogen-bond donors (Lipinski definition) is 0. The van der Waals surface area contributed by atoms with E-state index in [-0.39, 0.29) is 33.8 Å². The van der Waals surface area contributed by atoms with Crippen LogP contribution in [0.5, 0.6) is 0 Å². The van der Waals surface area contributed by atoms with Gasteiger partial charge in [-0.3, -0.25) is 9.97 Å². The summed E-state index contributed by atoms with van der Waals surface area (Å²) in [6.07, 6.45) is 2.82. The summed E-state index contributed by atoms with van der Waals surface area (Å²) in [5, 5.41) is 20.1. The third-order valence-corrected chi connectivity index (χ3v) is 1.75. The molecule has 6 nitrogen and oxygen atoms in total. The molecule has 2 rings (SSSR count). The number of aromatic carboxylic acids is 2. The Kier molecular flexibility index (Phi) is 8.03. The van der Waals surface area contributed by atoms with Crippen molar-refractivity contribution in [2.75, 3.05) is 0 Å². The van der Waals surface area contributed by atoms with Gasteiger partial charge in [0.2, 0.25) is 0 Å². The van der Waals surface area contributed by atoms with Crippen molar-refractivity contribution >= 4 is 11.9 Å². The Hall–Kier alpha value is -2.02. The van der Waals surface area contributed by atoms with Gasteiger partial charge in [-0.1, -0.05) is 12.1 Å². The fourth-order valence-corrected chi connectivity index (χ4v) is 0.967. The van der Waals surface area contributed by atoms with Crippen molar-refractivity contribution in [1.82, 2.24) is 9.97 Å². The van der Waals surface area contributed by atoms with Crippen molar-refractivity contribution in [3.05, 3.63) is 60.2 Å². The molecular formula is C12H8AgN2O4. The molecule has 0 amide bonds. The van der Waals surface area contributed by atoms with Crippen LogP contribution in [0.3, 0.4) is 0 Å². The summed E-state index contributed by atoms with van der Waals surface area (Å²) in [4.78, 5) is 27.1. The molecule has 0 saturated carbocycles. The molecule has 2 aromatic rings. The SMILES string of the molecule is O=C([O-])c1ccccn1.O=C([O-])c1ccccn1.[Ag+2]. The van der Waals surface area contributed by atoms with Crippen LogP contribution in [0.4, 0.5) is 0 Å². The molecule has 0 saturated heterocycles. The van der Waals surface area contributed by atoms with Crippen LogP contribution in [0.1, 0.15) is 21.0 Å². The predicted octanol–water partition coefficient (Wildman–Crippen LogP) is -1.11. The van der Waals surface area contributed by atoms with Gasteiger partial charge in [0.05, 0.1) is 23.3 Å². The Bertz CT molecular complexity index is 470. The van der Waals surface area contributed by atoms with Gasteiger partial charge in [0, 0.05) is 12.4 Å². The Labute approximate surface area is 124 Å². The van der Waals surface area contributed by atoms with Gasteiger partial charge in [-0.2, -0.15) is 0 Å². The van der Waals surface area contributed by atoms with E-state index in [0.29, 0.717) is 0 Å². The number of hydrogen-bond acceptors (Lipinski definition) is 6. The van der Waals surface area contributed by atoms with Crippen LogP contribution in [0, 0.1) is 0 Å². The number of aromatic nitrogens is 2. The van der Waals surface area contributed by atoms with E-state index in [1.54, 1.807) is 24.3 Å². The van der Waals surface area contributed by atoms with E-state index >= 15 is 0 Å². The minimum absolute atomic E-state index is 0. The van der Waals surface area contributed by atoms with Crippen LogP contribution < -0.4 is 10.2 Å². The summed E-state index contributed by atoms with van der Waals surface area (Å²) in [6.45, 7) is 0. The zero-order valence-electron chi connectivity index (χ0n) is 9.45. The van der Waals surface area contributed by atoms with Crippen molar-refractivity contribution in [2.45, 2.75) is 0 Å². The first-order valence-electron chi connectivity index (χ1n) is 4.86. The standard InChI is InChI=1S/2C6H5NO2.Ag/c2*8-6(9)5-3-1-2-4-7-5;/h2*1-4H,(H,8,9);/q;;+2/p-2. The first-order valence-corrected chi connectivity index (χ1v) is 4.86. The molecule has 2 heterocycles. The van der Waals surface area contributed by atoms with Gasteiger partial charge in [-0.15, -0.1) is 0 Å². The molecule has 101 valence electrons. The molecule has 0 spiro atoms. The number of carboxylic acid groups (broad SMARTS) is 2. The van der Waals surface area contributed by atoms with Crippen molar-refractivity contribution in [1.29, 1.82) is 0 Å². The quantitative estimate of drug-likeness (QED) is 0.635. The van der Waals surface area contributed by atoms with Crippen molar-refractivity contribution in [2.24, 2.45) is 0 Å². The van der Waals surface area contributed by atoms with Crippen molar-refractivity contribution < 1.29 is 42.2 Å². The van der Waals surface area contributed by atoms with Gasteiger partial charge in [-0.25, -0.2) is 0 Å². The maximum absolute atomic E-state index is 10.0. The molecular weight excluding hydrogens is 344 g/mol. The largest absolute Gasteiger partial charge is 2.00 e. The second-order valence-electron chi connectivity index (χ2n) is 3.00. The van der Waals surface area contributed by atoms with Crippen molar-refractivity contribution in [3.63, 3.8) is 0 Å². The van der Waals surface area contributed by atoms with Crippen LogP contribution in [0.2, 0.25) is 0 Å². The first-order chi connectivity index (χ1) is 8.61. The Balaban J connectivity index is 0.000000324. The molecule has 0 bridgehead atoms. The van der Waals surface area contributed by atoms with Crippen molar-refractivity contribution in [3.8, 4) is 0 Å². The number of carboxylic acids is 2. The monoisotopic (exact) mass is 351 g/mol. The second-order valence-corrected chi connectivity index (χ2v) is 3.00. The topological polar surface area (TPSA) is 106 Å². The zero-order chi connectivity index (χ0) is 13.4. The smallest absolute Gasteiger partial charge is 0.543 e. The van der Waals surface area contributed by atoms with Crippen LogP contribution in [0.25, 0.3) is 0 Å². The number of carbonyl (C=O) groups excluding carboxylic acids is 2. The van der Waals surface area contributed by atoms with Crippen LogP contribution in [-0.2, 0) is 22.4 Å². The summed E-state index contributed by atoms with van der Waals surface area (Å²) in [7, 11) is 0. The maximum atomic E-state index is 10.0. The molecule has 0 aliphatic rings. The Morgan fingerprint density at radius 2 is 1.16 bits per heavy atom. The van der Waals surface area contributed by atoms with E-state index in [9.17, 15) is 19.8 Å². The molecule has 0 aromatic carbocycles. The maximum Gasteiger partial charge on any atom is 2.00 e. The van der Waals surface area contributed by atoms with Gasteiger partial charge < -0.3 is 19.8 Å². The number of rotatable bonds is 2. The van der Waals surface area contributed by atoms with Gasteiger partial charge in [0.15, 0.2) is 0 Å². The fraction of sp³-hybridized carbons (Fsp3) is 0. The minimum atomic E-state index is -1.24. The van der Waals surface area contributed by atoms with E-state index in [4.69, 9.17) is 0 Å². The zero-order valence-corrected chi connectivity index (χ0v) is 10.9. The van der Waals surface area contributed by atoms with E-state index < -0.39 is 11.9 Å². The molecule has 0 aliphatic heterocycles. The molecule has 2 aromatic heterocycles. The third-order valence-electron chi connectivity index (χ3n) is 1.75. The van der Waals surface area contributed by atoms with E-state index in [0.717, 1.165) is 0 Å². The fourth-order valence-electron chi connectivity index (χ4n) is 0.967. The molecule has 19 heavy (non-hydrogen) atoms. The van der Waals surface area contributed by atoms with Crippen LogP contribution in [-0.4, -0.2) is 21.9 Å². The average Bonchev–Trinajstić information content (AvgIpc) is 2.41. The van der Waals surface area contributed by atoms with E-state index in [1.807, 2.05) is 0 Å². The van der Waals surface area contributed by atoms with E-state index in [1.165, 1.54) is 24.5 Å². The van der Waals surface area contributed by atoms with Gasteiger partial charge in [-0.05, 0) is 24.3 Å². The average molecular weight is 352 g/mol. The van der Waals surface area contributed by atoms with Crippen LogP contribution in [0.15, 0.2) is 48.8 Å². The van der Waals surface area contributed by atoms with Gasteiger partial charge in [0.1, 0.15) is 0 Å². The Morgan fingerprint density at radius 1 is 0.789 bits per heavy atom. The van der Waals surface area contributed by atoms with E-state index in [2.05, 4.69) is 9.97 Å². The molecule has 0 aliphatic carbocycles. The van der Waals surface area contributed by atoms with Gasteiger partial charge >= 0.3 is 22.4 Å². The summed E-state index contributed by atoms with van der Waals surface area (Å²) < 4.78 is 0.